The van der Waals surface area contributed by atoms with Crippen LogP contribution >= 0.6 is 0 Å². The van der Waals surface area contributed by atoms with Crippen LogP contribution in [0.1, 0.15) is 56.0 Å². The number of fused-ring (bicyclic) bond motifs is 1. The SMILES string of the molecule is CC(C)(C)c1ccc(-c2cccc(C3Nc4ccc(F)c([C]=O)c4CC3(C)C(N)=O)c2)cc1. The van der Waals surface area contributed by atoms with E-state index in [1.54, 1.807) is 19.3 Å². The molecule has 2 atom stereocenters. The van der Waals surface area contributed by atoms with Gasteiger partial charge < -0.3 is 11.1 Å². The molecule has 1 amide bonds. The van der Waals surface area contributed by atoms with Gasteiger partial charge in [-0.1, -0.05) is 63.2 Å². The highest BCUT2D eigenvalue weighted by Crippen LogP contribution is 2.46. The summed E-state index contributed by atoms with van der Waals surface area (Å²) in [7, 11) is 0. The van der Waals surface area contributed by atoms with Crippen LogP contribution in [0.5, 0.6) is 0 Å². The summed E-state index contributed by atoms with van der Waals surface area (Å²) >= 11 is 0. The van der Waals surface area contributed by atoms with Crippen LogP contribution in [0, 0.1) is 11.2 Å². The second-order valence-electron chi connectivity index (χ2n) is 10.0. The lowest BCUT2D eigenvalue weighted by Gasteiger charge is -2.42. The standard InChI is InChI=1S/C28H28FN2O2/c1-27(2,3)20-10-8-17(9-11-20)18-6-5-7-19(14-18)25-28(4,26(30)33)15-21-22(16-32)23(29)12-13-24(21)31-25/h5-14,25,31H,15H2,1-4H3,(H2,30,33). The van der Waals surface area contributed by atoms with Crippen LogP contribution in [-0.4, -0.2) is 12.2 Å². The summed E-state index contributed by atoms with van der Waals surface area (Å²) in [6, 6.07) is 18.8. The number of amides is 1. The summed E-state index contributed by atoms with van der Waals surface area (Å²) in [5.74, 6) is -1.18. The summed E-state index contributed by atoms with van der Waals surface area (Å²) < 4.78 is 14.2. The first kappa shape index (κ1) is 22.7. The Balaban J connectivity index is 1.77. The highest BCUT2D eigenvalue weighted by atomic mass is 19.1. The van der Waals surface area contributed by atoms with Crippen molar-refractivity contribution in [1.29, 1.82) is 0 Å². The first-order chi connectivity index (χ1) is 15.5. The molecular formula is C28H28FN2O2. The molecule has 1 aliphatic heterocycles. The fraction of sp³-hybridized carbons (Fsp3) is 0.286. The van der Waals surface area contributed by atoms with Gasteiger partial charge in [-0.3, -0.25) is 9.59 Å². The van der Waals surface area contributed by atoms with Crippen molar-refractivity contribution in [2.24, 2.45) is 11.1 Å². The number of nitrogens with two attached hydrogens (primary N) is 1. The normalized spacial score (nSPS) is 20.0. The number of carbonyl (C=O) groups is 1. The molecule has 4 nitrogen and oxygen atoms in total. The number of carbonyl (C=O) groups excluding carboxylic acids is 2. The molecule has 0 spiro atoms. The van der Waals surface area contributed by atoms with Gasteiger partial charge in [0.25, 0.3) is 0 Å². The van der Waals surface area contributed by atoms with E-state index < -0.39 is 23.2 Å². The van der Waals surface area contributed by atoms with Crippen molar-refractivity contribution in [2.75, 3.05) is 5.32 Å². The molecule has 0 aromatic heterocycles. The lowest BCUT2D eigenvalue weighted by Crippen LogP contribution is -2.47. The number of hydrogen-bond acceptors (Lipinski definition) is 3. The van der Waals surface area contributed by atoms with Crippen molar-refractivity contribution in [3.8, 4) is 11.1 Å². The van der Waals surface area contributed by atoms with Crippen LogP contribution in [0.25, 0.3) is 11.1 Å². The number of hydrogen-bond donors (Lipinski definition) is 2. The molecule has 2 unspecified atom stereocenters. The number of anilines is 1. The van der Waals surface area contributed by atoms with Crippen LogP contribution in [0.3, 0.4) is 0 Å². The van der Waals surface area contributed by atoms with E-state index in [0.717, 1.165) is 16.7 Å². The maximum Gasteiger partial charge on any atom is 0.236 e. The van der Waals surface area contributed by atoms with E-state index in [2.05, 4.69) is 50.4 Å². The second-order valence-corrected chi connectivity index (χ2v) is 10.0. The van der Waals surface area contributed by atoms with Crippen LogP contribution in [0.2, 0.25) is 0 Å². The molecule has 169 valence electrons. The average molecular weight is 444 g/mol. The molecule has 33 heavy (non-hydrogen) atoms. The van der Waals surface area contributed by atoms with E-state index in [4.69, 9.17) is 5.73 Å². The van der Waals surface area contributed by atoms with Gasteiger partial charge in [0.1, 0.15) is 5.82 Å². The Bertz CT molecular complexity index is 1230. The van der Waals surface area contributed by atoms with Crippen molar-refractivity contribution in [3.05, 3.63) is 88.7 Å². The molecule has 5 heteroatoms. The average Bonchev–Trinajstić information content (AvgIpc) is 2.78. The highest BCUT2D eigenvalue weighted by Gasteiger charge is 2.45. The van der Waals surface area contributed by atoms with Gasteiger partial charge in [0.2, 0.25) is 12.2 Å². The third-order valence-corrected chi connectivity index (χ3v) is 6.71. The first-order valence-corrected chi connectivity index (χ1v) is 11.0. The molecule has 0 bridgehead atoms. The fourth-order valence-electron chi connectivity index (χ4n) is 4.57. The van der Waals surface area contributed by atoms with E-state index in [1.165, 1.54) is 11.6 Å². The van der Waals surface area contributed by atoms with Gasteiger partial charge in [-0.25, -0.2) is 4.39 Å². The number of rotatable bonds is 4. The molecule has 0 fully saturated rings. The minimum Gasteiger partial charge on any atom is -0.377 e. The number of halogens is 1. The zero-order valence-corrected chi connectivity index (χ0v) is 19.3. The van der Waals surface area contributed by atoms with Gasteiger partial charge in [-0.2, -0.15) is 0 Å². The second kappa shape index (κ2) is 8.14. The summed E-state index contributed by atoms with van der Waals surface area (Å²) in [5.41, 5.74) is 9.97. The zero-order valence-electron chi connectivity index (χ0n) is 19.3. The molecule has 3 N–H and O–H groups in total. The third-order valence-electron chi connectivity index (χ3n) is 6.71. The maximum absolute atomic E-state index is 14.2. The Kier molecular flexibility index (Phi) is 5.61. The Hall–Kier alpha value is -3.47. The van der Waals surface area contributed by atoms with E-state index in [9.17, 15) is 14.0 Å². The molecule has 0 aliphatic carbocycles. The molecule has 0 saturated heterocycles. The smallest absolute Gasteiger partial charge is 0.236 e. The summed E-state index contributed by atoms with van der Waals surface area (Å²) in [6.07, 6.45) is 1.82. The van der Waals surface area contributed by atoms with Gasteiger partial charge in [0.15, 0.2) is 0 Å². The molecule has 3 aromatic carbocycles. The van der Waals surface area contributed by atoms with Crippen LogP contribution < -0.4 is 11.1 Å². The van der Waals surface area contributed by atoms with Gasteiger partial charge in [0.05, 0.1) is 17.0 Å². The van der Waals surface area contributed by atoms with Crippen molar-refractivity contribution in [2.45, 2.75) is 45.6 Å². The van der Waals surface area contributed by atoms with Crippen molar-refractivity contribution >= 4 is 17.9 Å². The predicted octanol–water partition coefficient (Wildman–Crippen LogP) is 5.45. The van der Waals surface area contributed by atoms with Crippen molar-refractivity contribution in [3.63, 3.8) is 0 Å². The first-order valence-electron chi connectivity index (χ1n) is 11.0. The topological polar surface area (TPSA) is 72.2 Å². The quantitative estimate of drug-likeness (QED) is 0.563. The Morgan fingerprint density at radius 3 is 2.39 bits per heavy atom. The number of nitrogens with one attached hydrogen (secondary N) is 1. The van der Waals surface area contributed by atoms with Gasteiger partial charge in [-0.15, -0.1) is 0 Å². The lowest BCUT2D eigenvalue weighted by atomic mass is 9.70. The molecule has 3 aromatic rings. The summed E-state index contributed by atoms with van der Waals surface area (Å²) in [4.78, 5) is 24.0. The molecule has 0 saturated carbocycles. The molecule has 1 heterocycles. The van der Waals surface area contributed by atoms with E-state index in [1.807, 2.05) is 24.3 Å². The lowest BCUT2D eigenvalue weighted by molar-refractivity contribution is -0.127. The van der Waals surface area contributed by atoms with Gasteiger partial charge in [0, 0.05) is 5.69 Å². The Morgan fingerprint density at radius 1 is 1.09 bits per heavy atom. The fourth-order valence-corrected chi connectivity index (χ4v) is 4.57. The van der Waals surface area contributed by atoms with Crippen LogP contribution in [0.4, 0.5) is 10.1 Å². The highest BCUT2D eigenvalue weighted by molar-refractivity contribution is 5.88. The Morgan fingerprint density at radius 2 is 1.79 bits per heavy atom. The zero-order chi connectivity index (χ0) is 24.0. The molecule has 1 aliphatic rings. The predicted molar refractivity (Wildman–Crippen MR) is 129 cm³/mol. The van der Waals surface area contributed by atoms with Crippen LogP contribution in [-0.2, 0) is 21.4 Å². The number of benzene rings is 3. The van der Waals surface area contributed by atoms with E-state index >= 15 is 0 Å². The minimum absolute atomic E-state index is 0.0698. The van der Waals surface area contributed by atoms with Crippen molar-refractivity contribution < 1.29 is 14.0 Å². The van der Waals surface area contributed by atoms with Gasteiger partial charge in [-0.05, 0) is 64.8 Å². The summed E-state index contributed by atoms with van der Waals surface area (Å²) in [5, 5.41) is 3.35. The molecule has 4 rings (SSSR count). The molecule has 1 radical (unpaired) electrons. The maximum atomic E-state index is 14.2. The largest absolute Gasteiger partial charge is 0.377 e. The van der Waals surface area contributed by atoms with E-state index in [0.29, 0.717) is 11.3 Å². The Labute approximate surface area is 194 Å². The summed E-state index contributed by atoms with van der Waals surface area (Å²) in [6.45, 7) is 8.29. The minimum atomic E-state index is -1.07. The van der Waals surface area contributed by atoms with Crippen LogP contribution in [0.15, 0.2) is 60.7 Å². The molecular weight excluding hydrogens is 415 g/mol. The van der Waals surface area contributed by atoms with Gasteiger partial charge >= 0.3 is 0 Å². The monoisotopic (exact) mass is 443 g/mol. The van der Waals surface area contributed by atoms with E-state index in [-0.39, 0.29) is 17.4 Å². The number of primary amides is 1. The third kappa shape index (κ3) is 4.04. The van der Waals surface area contributed by atoms with Crippen molar-refractivity contribution in [1.82, 2.24) is 0 Å².